The van der Waals surface area contributed by atoms with Crippen LogP contribution in [0.1, 0.15) is 99.1 Å². The number of carbonyl (C=O) groups is 1. The van der Waals surface area contributed by atoms with E-state index in [4.69, 9.17) is 13.8 Å². The van der Waals surface area contributed by atoms with E-state index in [1.54, 1.807) is 6.26 Å². The first-order valence-corrected chi connectivity index (χ1v) is 17.3. The fraction of sp³-hybridized carbons (Fsp3) is 0.395. The Balaban J connectivity index is 0.000000260. The Hall–Kier alpha value is -3.73. The predicted octanol–water partition coefficient (Wildman–Crippen LogP) is 12.6. The van der Waals surface area contributed by atoms with Gasteiger partial charge in [0, 0.05) is 71.1 Å². The Morgan fingerprint density at radius 3 is 2.12 bits per heavy atom. The minimum absolute atomic E-state index is 0. The number of benzene rings is 3. The molecule has 1 radical (unpaired) electrons. The number of aliphatic hydroxyl groups is 1. The Kier molecular flexibility index (Phi) is 11.4. The van der Waals surface area contributed by atoms with Crippen LogP contribution in [0, 0.1) is 23.8 Å². The molecule has 6 heteroatoms. The molecule has 3 aromatic heterocycles. The third-order valence-corrected chi connectivity index (χ3v) is 10.7. The molecule has 0 aliphatic heterocycles. The molecule has 0 aliphatic carbocycles. The summed E-state index contributed by atoms with van der Waals surface area (Å²) in [6.45, 7) is 20.9. The minimum atomic E-state index is -0.337. The Morgan fingerprint density at radius 1 is 0.837 bits per heavy atom. The van der Waals surface area contributed by atoms with Gasteiger partial charge in [0.05, 0.1) is 6.26 Å². The van der Waals surface area contributed by atoms with Crippen molar-refractivity contribution in [3.63, 3.8) is 0 Å². The van der Waals surface area contributed by atoms with Crippen LogP contribution in [0.5, 0.6) is 0 Å². The van der Waals surface area contributed by atoms with E-state index >= 15 is 0 Å². The van der Waals surface area contributed by atoms with Gasteiger partial charge in [-0.1, -0.05) is 91.5 Å². The molecule has 0 amide bonds. The van der Waals surface area contributed by atoms with Gasteiger partial charge in [-0.05, 0) is 55.7 Å². The zero-order valence-corrected chi connectivity index (χ0v) is 33.0. The quantitative estimate of drug-likeness (QED) is 0.0939. The van der Waals surface area contributed by atoms with Crippen LogP contribution in [0.4, 0.5) is 0 Å². The van der Waals surface area contributed by atoms with Crippen molar-refractivity contribution in [2.75, 3.05) is 0 Å². The number of pyridine rings is 1. The van der Waals surface area contributed by atoms with Crippen molar-refractivity contribution in [3.8, 4) is 11.3 Å². The standard InChI is InChI=1S/C28H22NO2.C15H28O2.Ir/c1-16-15-30-24-14-25-22(13-21(16)24)20-9-10-29-26(27(20)31-25)18-11-17-7-5-6-8-19(17)23(12-18)28(2,3)4;1-7-14(5,8-2)12(16)11-13(17)15(6,9-3)10-4;/h5-10,12-15H,1-4H3;11,16H,7-10H2,1-6H3;/q-1;;/b;12-11-;. The molecule has 0 saturated carbocycles. The average molecular weight is 837 g/mol. The summed E-state index contributed by atoms with van der Waals surface area (Å²) in [6.07, 6.45) is 8.40. The summed E-state index contributed by atoms with van der Waals surface area (Å²) in [4.78, 5) is 16.9. The molecule has 0 fully saturated rings. The van der Waals surface area contributed by atoms with Crippen molar-refractivity contribution >= 4 is 49.5 Å². The van der Waals surface area contributed by atoms with E-state index < -0.39 is 0 Å². The molecule has 0 saturated heterocycles. The normalized spacial score (nSPS) is 12.7. The Labute approximate surface area is 304 Å². The predicted molar refractivity (Wildman–Crippen MR) is 200 cm³/mol. The number of allylic oxidation sites excluding steroid dienone is 2. The monoisotopic (exact) mass is 837 g/mol. The van der Waals surface area contributed by atoms with E-state index in [1.807, 2.05) is 59.9 Å². The van der Waals surface area contributed by atoms with Gasteiger partial charge in [0.1, 0.15) is 22.5 Å². The second-order valence-corrected chi connectivity index (χ2v) is 14.7. The molecule has 6 rings (SSSR count). The van der Waals surface area contributed by atoms with E-state index in [0.717, 1.165) is 80.8 Å². The number of aliphatic hydroxyl groups excluding tert-OH is 1. The molecule has 5 nitrogen and oxygen atoms in total. The van der Waals surface area contributed by atoms with Crippen molar-refractivity contribution in [1.29, 1.82) is 0 Å². The fourth-order valence-corrected chi connectivity index (χ4v) is 6.20. The number of ketones is 1. The zero-order valence-electron chi connectivity index (χ0n) is 30.6. The van der Waals surface area contributed by atoms with Crippen LogP contribution in [-0.4, -0.2) is 15.9 Å². The van der Waals surface area contributed by atoms with Crippen molar-refractivity contribution in [1.82, 2.24) is 4.98 Å². The molecule has 261 valence electrons. The second-order valence-electron chi connectivity index (χ2n) is 14.7. The third kappa shape index (κ3) is 7.28. The number of aromatic nitrogens is 1. The summed E-state index contributed by atoms with van der Waals surface area (Å²) < 4.78 is 12.0. The summed E-state index contributed by atoms with van der Waals surface area (Å²) in [6, 6.07) is 20.4. The SMILES string of the molecule is CCC(C)(CC)C(=O)/C=C(\O)C(C)(CC)CC.Cc1coc2cc3oc4c(-c5[c-]c6ccccc6c(C(C)(C)C)c5)nccc4c3cc12.[Ir]. The number of furan rings is 2. The maximum atomic E-state index is 12.2. The topological polar surface area (TPSA) is 76.5 Å². The van der Waals surface area contributed by atoms with Crippen LogP contribution in [0.2, 0.25) is 0 Å². The van der Waals surface area contributed by atoms with Crippen LogP contribution in [0.25, 0.3) is 54.9 Å². The van der Waals surface area contributed by atoms with Crippen LogP contribution in [0.15, 0.2) is 81.7 Å². The first kappa shape index (κ1) is 38.1. The Bertz CT molecular complexity index is 2130. The summed E-state index contributed by atoms with van der Waals surface area (Å²) in [5, 5.41) is 15.7. The summed E-state index contributed by atoms with van der Waals surface area (Å²) in [7, 11) is 0. The number of fused-ring (bicyclic) bond motifs is 5. The van der Waals surface area contributed by atoms with Gasteiger partial charge in [-0.3, -0.25) is 9.78 Å². The first-order chi connectivity index (χ1) is 22.7. The van der Waals surface area contributed by atoms with Gasteiger partial charge in [0.25, 0.3) is 0 Å². The molecule has 0 unspecified atom stereocenters. The zero-order chi connectivity index (χ0) is 35.0. The summed E-state index contributed by atoms with van der Waals surface area (Å²) >= 11 is 0. The molecule has 3 aromatic carbocycles. The van der Waals surface area contributed by atoms with Crippen molar-refractivity contribution in [2.45, 2.75) is 100 Å². The van der Waals surface area contributed by atoms with Gasteiger partial charge < -0.3 is 13.9 Å². The first-order valence-electron chi connectivity index (χ1n) is 17.3. The van der Waals surface area contributed by atoms with Gasteiger partial charge in [-0.2, -0.15) is 0 Å². The second kappa shape index (κ2) is 14.6. The minimum Gasteiger partial charge on any atom is -0.512 e. The number of hydrogen-bond acceptors (Lipinski definition) is 5. The van der Waals surface area contributed by atoms with Crippen LogP contribution in [0.3, 0.4) is 0 Å². The van der Waals surface area contributed by atoms with E-state index in [1.165, 1.54) is 17.0 Å². The van der Waals surface area contributed by atoms with E-state index in [9.17, 15) is 9.90 Å². The maximum Gasteiger partial charge on any atom is 0.164 e. The molecule has 1 N–H and O–H groups in total. The van der Waals surface area contributed by atoms with Crippen molar-refractivity contribution in [3.05, 3.63) is 90.0 Å². The molecule has 3 heterocycles. The molecule has 6 aromatic rings. The Morgan fingerprint density at radius 2 is 1.49 bits per heavy atom. The molecule has 0 bridgehead atoms. The van der Waals surface area contributed by atoms with Gasteiger partial charge in [-0.15, -0.1) is 29.1 Å². The average Bonchev–Trinajstić information content (AvgIpc) is 3.64. The van der Waals surface area contributed by atoms with Crippen LogP contribution < -0.4 is 0 Å². The molecule has 0 spiro atoms. The molecular formula is C43H50IrNO4-. The van der Waals surface area contributed by atoms with E-state index in [-0.39, 0.29) is 47.9 Å². The number of hydrogen-bond donors (Lipinski definition) is 1. The van der Waals surface area contributed by atoms with Gasteiger partial charge in [-0.25, -0.2) is 0 Å². The van der Waals surface area contributed by atoms with E-state index in [0.29, 0.717) is 0 Å². The third-order valence-electron chi connectivity index (χ3n) is 10.7. The van der Waals surface area contributed by atoms with E-state index in [2.05, 4.69) is 70.2 Å². The van der Waals surface area contributed by atoms with Crippen molar-refractivity contribution < 1.29 is 38.8 Å². The number of aryl methyl sites for hydroxylation is 1. The van der Waals surface area contributed by atoms with Gasteiger partial charge >= 0.3 is 0 Å². The summed E-state index contributed by atoms with van der Waals surface area (Å²) in [5.74, 6) is 0.286. The molecule has 0 aliphatic rings. The number of rotatable bonds is 8. The number of carbonyl (C=O) groups excluding carboxylic acids is 1. The summed E-state index contributed by atoms with van der Waals surface area (Å²) in [5.41, 5.74) is 5.99. The molecule has 49 heavy (non-hydrogen) atoms. The molecule has 0 atom stereocenters. The smallest absolute Gasteiger partial charge is 0.164 e. The number of nitrogens with zero attached hydrogens (tertiary/aromatic N) is 1. The maximum absolute atomic E-state index is 12.2. The van der Waals surface area contributed by atoms with Crippen molar-refractivity contribution in [2.24, 2.45) is 10.8 Å². The van der Waals surface area contributed by atoms with Crippen LogP contribution >= 0.6 is 0 Å². The molecular weight excluding hydrogens is 787 g/mol. The van der Waals surface area contributed by atoms with Gasteiger partial charge in [0.2, 0.25) is 0 Å². The fourth-order valence-electron chi connectivity index (χ4n) is 6.20. The van der Waals surface area contributed by atoms with Gasteiger partial charge in [0.15, 0.2) is 5.78 Å². The largest absolute Gasteiger partial charge is 0.512 e. The van der Waals surface area contributed by atoms with Crippen LogP contribution in [-0.2, 0) is 30.3 Å².